The summed E-state index contributed by atoms with van der Waals surface area (Å²) >= 11 is 0. The Balaban J connectivity index is 2.11. The number of nitrogens with one attached hydrogen (secondary N) is 1. The molecule has 0 aromatic heterocycles. The molecule has 0 aromatic carbocycles. The van der Waals surface area contributed by atoms with E-state index in [2.05, 4.69) is 5.32 Å². The molecule has 2 rings (SSSR count). The van der Waals surface area contributed by atoms with Gasteiger partial charge < -0.3 is 20.6 Å². The number of carbonyl (C=O) groups excluding carboxylic acids is 1. The Morgan fingerprint density at radius 2 is 1.62 bits per heavy atom. The molecule has 0 aliphatic heterocycles. The van der Waals surface area contributed by atoms with E-state index in [0.717, 1.165) is 0 Å². The van der Waals surface area contributed by atoms with Crippen LogP contribution in [0.25, 0.3) is 0 Å². The summed E-state index contributed by atoms with van der Waals surface area (Å²) in [5.74, 6) is -6.85. The van der Waals surface area contributed by atoms with Gasteiger partial charge in [-0.25, -0.2) is 4.79 Å². The number of carbonyl (C=O) groups is 4. The maximum Gasteiger partial charge on any atom is 0.326 e. The molecule has 0 spiro atoms. The van der Waals surface area contributed by atoms with Crippen LogP contribution in [0.1, 0.15) is 12.8 Å². The molecule has 2 aliphatic carbocycles. The Morgan fingerprint density at radius 3 is 2.10 bits per heavy atom. The van der Waals surface area contributed by atoms with E-state index in [4.69, 9.17) is 10.2 Å². The van der Waals surface area contributed by atoms with E-state index in [9.17, 15) is 24.3 Å². The largest absolute Gasteiger partial charge is 0.481 e. The summed E-state index contributed by atoms with van der Waals surface area (Å²) < 4.78 is 0. The van der Waals surface area contributed by atoms with Gasteiger partial charge in [0.2, 0.25) is 5.91 Å². The van der Waals surface area contributed by atoms with Gasteiger partial charge in [-0.1, -0.05) is 12.2 Å². The van der Waals surface area contributed by atoms with Crippen molar-refractivity contribution >= 4 is 23.8 Å². The molecule has 4 N–H and O–H groups in total. The highest BCUT2D eigenvalue weighted by Gasteiger charge is 2.52. The molecule has 0 radical (unpaired) electrons. The lowest BCUT2D eigenvalue weighted by Gasteiger charge is -2.25. The van der Waals surface area contributed by atoms with E-state index in [1.165, 1.54) is 0 Å². The molecule has 0 heterocycles. The van der Waals surface area contributed by atoms with Crippen molar-refractivity contribution in [1.29, 1.82) is 0 Å². The highest BCUT2D eigenvalue weighted by molar-refractivity contribution is 5.91. The van der Waals surface area contributed by atoms with Gasteiger partial charge in [-0.3, -0.25) is 14.4 Å². The van der Waals surface area contributed by atoms with E-state index >= 15 is 0 Å². The van der Waals surface area contributed by atoms with E-state index in [-0.39, 0.29) is 11.8 Å². The summed E-state index contributed by atoms with van der Waals surface area (Å²) in [4.78, 5) is 45.0. The number of fused-ring (bicyclic) bond motifs is 2. The van der Waals surface area contributed by atoms with Crippen molar-refractivity contribution in [2.45, 2.75) is 18.9 Å². The van der Waals surface area contributed by atoms with Crippen LogP contribution in [-0.4, -0.2) is 45.2 Å². The van der Waals surface area contributed by atoms with Crippen molar-refractivity contribution in [2.24, 2.45) is 23.7 Å². The third kappa shape index (κ3) is 2.88. The smallest absolute Gasteiger partial charge is 0.326 e. The Bertz CT molecular complexity index is 527. The second-order valence-electron chi connectivity index (χ2n) is 5.34. The molecule has 1 saturated carbocycles. The van der Waals surface area contributed by atoms with Gasteiger partial charge in [0.05, 0.1) is 18.3 Å². The van der Waals surface area contributed by atoms with Gasteiger partial charge in [0.1, 0.15) is 6.04 Å². The Morgan fingerprint density at radius 1 is 1.05 bits per heavy atom. The van der Waals surface area contributed by atoms with E-state index in [0.29, 0.717) is 6.42 Å². The van der Waals surface area contributed by atoms with Gasteiger partial charge >= 0.3 is 17.9 Å². The van der Waals surface area contributed by atoms with Crippen molar-refractivity contribution in [3.8, 4) is 0 Å². The summed E-state index contributed by atoms with van der Waals surface area (Å²) in [5, 5.41) is 28.9. The number of rotatable bonds is 6. The monoisotopic (exact) mass is 297 g/mol. The number of hydrogen-bond donors (Lipinski definition) is 4. The average Bonchev–Trinajstić information content (AvgIpc) is 2.96. The predicted octanol–water partition coefficient (Wildman–Crippen LogP) is -0.447. The van der Waals surface area contributed by atoms with Crippen molar-refractivity contribution in [3.63, 3.8) is 0 Å². The number of amides is 1. The van der Waals surface area contributed by atoms with Crippen LogP contribution in [0.3, 0.4) is 0 Å². The summed E-state index contributed by atoms with van der Waals surface area (Å²) in [7, 11) is 0. The molecule has 1 fully saturated rings. The van der Waals surface area contributed by atoms with Crippen molar-refractivity contribution in [2.75, 3.05) is 0 Å². The van der Waals surface area contributed by atoms with Gasteiger partial charge in [0.25, 0.3) is 0 Å². The lowest BCUT2D eigenvalue weighted by molar-refractivity contribution is -0.150. The first-order chi connectivity index (χ1) is 9.81. The molecule has 0 unspecified atom stereocenters. The molecule has 114 valence electrons. The molecule has 2 aliphatic rings. The second-order valence-corrected chi connectivity index (χ2v) is 5.34. The van der Waals surface area contributed by atoms with Crippen LogP contribution in [0.5, 0.6) is 0 Å². The summed E-state index contributed by atoms with van der Waals surface area (Å²) in [5.41, 5.74) is 0. The first kappa shape index (κ1) is 15.0. The number of hydrogen-bond acceptors (Lipinski definition) is 4. The first-order valence-electron chi connectivity index (χ1n) is 6.47. The minimum atomic E-state index is -1.56. The van der Waals surface area contributed by atoms with Gasteiger partial charge in [-0.15, -0.1) is 0 Å². The second kappa shape index (κ2) is 5.55. The summed E-state index contributed by atoms with van der Waals surface area (Å²) in [6.07, 6.45) is 3.32. The fourth-order valence-corrected chi connectivity index (χ4v) is 3.16. The maximum atomic E-state index is 12.2. The van der Waals surface area contributed by atoms with Crippen LogP contribution >= 0.6 is 0 Å². The average molecular weight is 297 g/mol. The highest BCUT2D eigenvalue weighted by Crippen LogP contribution is 2.48. The topological polar surface area (TPSA) is 141 Å². The fourth-order valence-electron chi connectivity index (χ4n) is 3.16. The van der Waals surface area contributed by atoms with Gasteiger partial charge in [-0.2, -0.15) is 0 Å². The molecule has 2 bridgehead atoms. The van der Waals surface area contributed by atoms with Crippen molar-refractivity contribution < 1.29 is 34.5 Å². The lowest BCUT2D eigenvalue weighted by atomic mass is 9.82. The fraction of sp³-hybridized carbons (Fsp3) is 0.538. The first-order valence-corrected chi connectivity index (χ1v) is 6.47. The minimum Gasteiger partial charge on any atom is -0.481 e. The summed E-state index contributed by atoms with van der Waals surface area (Å²) in [6.45, 7) is 0. The zero-order chi connectivity index (χ0) is 15.7. The zero-order valence-electron chi connectivity index (χ0n) is 10.9. The minimum absolute atomic E-state index is 0.231. The van der Waals surface area contributed by atoms with Gasteiger partial charge in [0.15, 0.2) is 0 Å². The normalized spacial score (nSPS) is 30.9. The molecule has 0 aromatic rings. The number of aliphatic carboxylic acids is 3. The van der Waals surface area contributed by atoms with Crippen molar-refractivity contribution in [3.05, 3.63) is 12.2 Å². The zero-order valence-corrected chi connectivity index (χ0v) is 10.9. The van der Waals surface area contributed by atoms with E-state index < -0.39 is 48.1 Å². The molecular weight excluding hydrogens is 282 g/mol. The molecule has 21 heavy (non-hydrogen) atoms. The molecule has 1 amide bonds. The van der Waals surface area contributed by atoms with Crippen molar-refractivity contribution in [1.82, 2.24) is 5.32 Å². The SMILES string of the molecule is O=C(O)C[C@H](NC(=O)[C@H]1[C@@H](C(=O)O)[C@H]2C=C[C@@H]1C2)C(=O)O. The quantitative estimate of drug-likeness (QED) is 0.487. The molecule has 5 atom stereocenters. The van der Waals surface area contributed by atoms with E-state index in [1.54, 1.807) is 12.2 Å². The van der Waals surface area contributed by atoms with Crippen LogP contribution in [0.15, 0.2) is 12.2 Å². The molecule has 8 heteroatoms. The van der Waals surface area contributed by atoms with Gasteiger partial charge in [0, 0.05) is 0 Å². The van der Waals surface area contributed by atoms with E-state index in [1.807, 2.05) is 0 Å². The number of carboxylic acid groups (broad SMARTS) is 3. The van der Waals surface area contributed by atoms with Crippen LogP contribution in [0, 0.1) is 23.7 Å². The third-order valence-corrected chi connectivity index (χ3v) is 4.04. The Kier molecular flexibility index (Phi) is 3.97. The van der Waals surface area contributed by atoms with Crippen LogP contribution in [0.4, 0.5) is 0 Å². The van der Waals surface area contributed by atoms with Gasteiger partial charge in [-0.05, 0) is 18.3 Å². The lowest BCUT2D eigenvalue weighted by Crippen LogP contribution is -2.48. The standard InChI is InChI=1S/C13H15NO7/c15-8(16)4-7(12(18)19)14-11(17)9-5-1-2-6(3-5)10(9)13(20)21/h1-2,5-7,9-10H,3-4H2,(H,14,17)(H,15,16)(H,18,19)(H,20,21)/t5-,6+,7+,9-,10+/m1/s1. The predicted molar refractivity (Wildman–Crippen MR) is 67.2 cm³/mol. The summed E-state index contributed by atoms with van der Waals surface area (Å²) in [6, 6.07) is -1.56. The number of allylic oxidation sites excluding steroid dienone is 2. The van der Waals surface area contributed by atoms with Crippen LogP contribution < -0.4 is 5.32 Å². The maximum absolute atomic E-state index is 12.2. The molecule has 0 saturated heterocycles. The molecule has 8 nitrogen and oxygen atoms in total. The van der Waals surface area contributed by atoms with Crippen LogP contribution in [-0.2, 0) is 19.2 Å². The van der Waals surface area contributed by atoms with Crippen LogP contribution in [0.2, 0.25) is 0 Å². The highest BCUT2D eigenvalue weighted by atomic mass is 16.4. The Hall–Kier alpha value is -2.38. The Labute approximate surface area is 119 Å². The third-order valence-electron chi connectivity index (χ3n) is 4.04. The number of carboxylic acids is 3. The molecular formula is C13H15NO7.